The van der Waals surface area contributed by atoms with Gasteiger partial charge in [0.15, 0.2) is 5.96 Å². The van der Waals surface area contributed by atoms with Gasteiger partial charge in [0.05, 0.1) is 6.54 Å². The van der Waals surface area contributed by atoms with E-state index in [1.807, 2.05) is 6.92 Å². The van der Waals surface area contributed by atoms with Crippen LogP contribution in [0, 0.1) is 11.8 Å². The quantitative estimate of drug-likeness (QED) is 0.612. The van der Waals surface area contributed by atoms with Crippen LogP contribution in [0.25, 0.3) is 0 Å². The molecule has 2 rings (SSSR count). The Hall–Kier alpha value is -0.980. The second-order valence-corrected chi connectivity index (χ2v) is 7.51. The van der Waals surface area contributed by atoms with Crippen molar-refractivity contribution in [3.05, 3.63) is 0 Å². The van der Waals surface area contributed by atoms with Crippen LogP contribution in [-0.4, -0.2) is 67.2 Å². The summed E-state index contributed by atoms with van der Waals surface area (Å²) in [6, 6.07) is 0.0572. The van der Waals surface area contributed by atoms with Gasteiger partial charge in [-0.1, -0.05) is 13.8 Å². The number of hydrogen-bond acceptors (Lipinski definition) is 2. The van der Waals surface area contributed by atoms with Gasteiger partial charge in [-0.3, -0.25) is 9.89 Å². The van der Waals surface area contributed by atoms with Gasteiger partial charge in [0.25, 0.3) is 0 Å². The molecule has 2 aliphatic heterocycles. The fourth-order valence-corrected chi connectivity index (χ4v) is 3.80. The average molecular weight is 348 g/mol. The van der Waals surface area contributed by atoms with Gasteiger partial charge in [-0.2, -0.15) is 13.2 Å². The summed E-state index contributed by atoms with van der Waals surface area (Å²) in [6.45, 7) is 9.28. The first-order valence-electron chi connectivity index (χ1n) is 9.12. The van der Waals surface area contributed by atoms with E-state index in [1.54, 1.807) is 0 Å². The standard InChI is InChI=1S/C17H31F3N4/c1-4-21-16(24-8-5-14(10-24)9-13(2)3)22-15-6-7-23(11-15)12-17(18,19)20/h13-15H,4-12H2,1-3H3,(H,21,22). The fourth-order valence-electron chi connectivity index (χ4n) is 3.80. The molecule has 140 valence electrons. The maximum atomic E-state index is 12.5. The predicted molar refractivity (Wildman–Crippen MR) is 91.1 cm³/mol. The molecule has 2 aliphatic rings. The minimum absolute atomic E-state index is 0.0572. The molecule has 0 aromatic carbocycles. The minimum Gasteiger partial charge on any atom is -0.352 e. The molecule has 0 spiro atoms. The van der Waals surface area contributed by atoms with Crippen LogP contribution in [0.2, 0.25) is 0 Å². The van der Waals surface area contributed by atoms with Crippen molar-refractivity contribution < 1.29 is 13.2 Å². The number of halogens is 3. The molecule has 2 fully saturated rings. The zero-order valence-corrected chi connectivity index (χ0v) is 15.1. The minimum atomic E-state index is -4.12. The summed E-state index contributed by atoms with van der Waals surface area (Å²) in [5, 5.41) is 3.42. The lowest BCUT2D eigenvalue weighted by molar-refractivity contribution is -0.143. The number of likely N-dealkylation sites (tertiary alicyclic amines) is 2. The van der Waals surface area contributed by atoms with Crippen LogP contribution in [0.4, 0.5) is 13.2 Å². The van der Waals surface area contributed by atoms with Crippen molar-refractivity contribution in [1.82, 2.24) is 15.1 Å². The second-order valence-electron chi connectivity index (χ2n) is 7.51. The van der Waals surface area contributed by atoms with Crippen molar-refractivity contribution in [2.45, 2.75) is 52.3 Å². The summed E-state index contributed by atoms with van der Waals surface area (Å²) in [5.41, 5.74) is 0. The molecule has 0 aromatic heterocycles. The van der Waals surface area contributed by atoms with Gasteiger partial charge in [0, 0.05) is 38.8 Å². The lowest BCUT2D eigenvalue weighted by atomic mass is 9.97. The van der Waals surface area contributed by atoms with E-state index in [2.05, 4.69) is 29.1 Å². The van der Waals surface area contributed by atoms with E-state index in [0.29, 0.717) is 31.5 Å². The molecule has 0 aliphatic carbocycles. The van der Waals surface area contributed by atoms with Gasteiger partial charge in [-0.05, 0) is 38.0 Å². The highest BCUT2D eigenvalue weighted by Gasteiger charge is 2.35. The third-order valence-corrected chi connectivity index (χ3v) is 4.71. The van der Waals surface area contributed by atoms with Gasteiger partial charge in [0.2, 0.25) is 0 Å². The summed E-state index contributed by atoms with van der Waals surface area (Å²) in [7, 11) is 0. The van der Waals surface area contributed by atoms with E-state index in [-0.39, 0.29) is 6.04 Å². The maximum Gasteiger partial charge on any atom is 0.401 e. The third-order valence-electron chi connectivity index (χ3n) is 4.71. The molecule has 2 saturated heterocycles. The van der Waals surface area contributed by atoms with Crippen molar-refractivity contribution >= 4 is 5.96 Å². The molecule has 1 N–H and O–H groups in total. The number of alkyl halides is 3. The topological polar surface area (TPSA) is 30.9 Å². The van der Waals surface area contributed by atoms with Crippen LogP contribution in [-0.2, 0) is 0 Å². The number of aliphatic imine (C=N–C) groups is 1. The number of nitrogens with zero attached hydrogens (tertiary/aromatic N) is 3. The summed E-state index contributed by atoms with van der Waals surface area (Å²) in [4.78, 5) is 8.33. The predicted octanol–water partition coefficient (Wildman–Crippen LogP) is 2.96. The molecule has 24 heavy (non-hydrogen) atoms. The van der Waals surface area contributed by atoms with Crippen molar-refractivity contribution in [1.29, 1.82) is 0 Å². The highest BCUT2D eigenvalue weighted by Crippen LogP contribution is 2.24. The van der Waals surface area contributed by atoms with E-state index in [0.717, 1.165) is 25.5 Å². The number of nitrogens with one attached hydrogen (secondary N) is 1. The normalized spacial score (nSPS) is 26.6. The molecule has 2 heterocycles. The van der Waals surface area contributed by atoms with Gasteiger partial charge in [-0.15, -0.1) is 0 Å². The van der Waals surface area contributed by atoms with Crippen molar-refractivity contribution in [2.24, 2.45) is 16.8 Å². The van der Waals surface area contributed by atoms with E-state index >= 15 is 0 Å². The second kappa shape index (κ2) is 8.41. The maximum absolute atomic E-state index is 12.5. The molecule has 0 aromatic rings. The Bertz CT molecular complexity index is 423. The molecule has 7 heteroatoms. The van der Waals surface area contributed by atoms with Gasteiger partial charge in [0.1, 0.15) is 0 Å². The smallest absolute Gasteiger partial charge is 0.352 e. The van der Waals surface area contributed by atoms with Crippen LogP contribution in [0.1, 0.15) is 40.0 Å². The van der Waals surface area contributed by atoms with Crippen LogP contribution < -0.4 is 5.32 Å². The van der Waals surface area contributed by atoms with Crippen LogP contribution in [0.5, 0.6) is 0 Å². The molecule has 2 atom stereocenters. The van der Waals surface area contributed by atoms with Gasteiger partial charge >= 0.3 is 6.18 Å². The molecule has 4 nitrogen and oxygen atoms in total. The molecule has 0 amide bonds. The SMILES string of the molecule is CCN=C(NC1CCN(CC(F)(F)F)C1)N1CCC(CC(C)C)C1. The Morgan fingerprint density at radius 3 is 2.58 bits per heavy atom. The van der Waals surface area contributed by atoms with Crippen LogP contribution in [0.3, 0.4) is 0 Å². The first-order valence-corrected chi connectivity index (χ1v) is 9.12. The first-order chi connectivity index (χ1) is 11.3. The Labute approximate surface area is 143 Å². The van der Waals surface area contributed by atoms with Crippen molar-refractivity contribution in [2.75, 3.05) is 39.3 Å². The summed E-state index contributed by atoms with van der Waals surface area (Å²) < 4.78 is 37.6. The largest absolute Gasteiger partial charge is 0.401 e. The zero-order valence-electron chi connectivity index (χ0n) is 15.1. The van der Waals surface area contributed by atoms with E-state index in [4.69, 9.17) is 0 Å². The average Bonchev–Trinajstić information content (AvgIpc) is 3.05. The molecule has 0 bridgehead atoms. The van der Waals surface area contributed by atoms with Crippen molar-refractivity contribution in [3.63, 3.8) is 0 Å². The van der Waals surface area contributed by atoms with E-state index in [9.17, 15) is 13.2 Å². The summed E-state index contributed by atoms with van der Waals surface area (Å²) >= 11 is 0. The Kier molecular flexibility index (Phi) is 6.78. The van der Waals surface area contributed by atoms with Crippen molar-refractivity contribution in [3.8, 4) is 0 Å². The summed E-state index contributed by atoms with van der Waals surface area (Å²) in [5.74, 6) is 2.27. The number of hydrogen-bond donors (Lipinski definition) is 1. The molecule has 0 saturated carbocycles. The Morgan fingerprint density at radius 2 is 1.96 bits per heavy atom. The lowest BCUT2D eigenvalue weighted by Crippen LogP contribution is -2.46. The van der Waals surface area contributed by atoms with E-state index in [1.165, 1.54) is 17.7 Å². The highest BCUT2D eigenvalue weighted by molar-refractivity contribution is 5.80. The highest BCUT2D eigenvalue weighted by atomic mass is 19.4. The Balaban J connectivity index is 1.86. The fraction of sp³-hybridized carbons (Fsp3) is 0.941. The monoisotopic (exact) mass is 348 g/mol. The molecular weight excluding hydrogens is 317 g/mol. The Morgan fingerprint density at radius 1 is 1.21 bits per heavy atom. The lowest BCUT2D eigenvalue weighted by Gasteiger charge is -2.25. The number of guanidine groups is 1. The molecule has 0 radical (unpaired) electrons. The van der Waals surface area contributed by atoms with Gasteiger partial charge in [-0.25, -0.2) is 0 Å². The van der Waals surface area contributed by atoms with E-state index < -0.39 is 12.7 Å². The zero-order chi connectivity index (χ0) is 17.7. The third kappa shape index (κ3) is 6.15. The summed E-state index contributed by atoms with van der Waals surface area (Å²) in [6.07, 6.45) is -0.984. The van der Waals surface area contributed by atoms with Crippen LogP contribution >= 0.6 is 0 Å². The van der Waals surface area contributed by atoms with Crippen LogP contribution in [0.15, 0.2) is 4.99 Å². The number of rotatable bonds is 5. The molecular formula is C17H31F3N4. The molecule has 2 unspecified atom stereocenters. The first kappa shape index (κ1) is 19.3. The van der Waals surface area contributed by atoms with Gasteiger partial charge < -0.3 is 10.2 Å².